The van der Waals surface area contributed by atoms with Gasteiger partial charge in [0, 0.05) is 24.0 Å². The van der Waals surface area contributed by atoms with Crippen LogP contribution in [0.15, 0.2) is 42.0 Å². The fourth-order valence-electron chi connectivity index (χ4n) is 3.99. The van der Waals surface area contributed by atoms with Gasteiger partial charge in [-0.05, 0) is 31.7 Å². The minimum absolute atomic E-state index is 0.0874. The Morgan fingerprint density at radius 1 is 1.12 bits per heavy atom. The van der Waals surface area contributed by atoms with E-state index in [4.69, 9.17) is 4.74 Å². The van der Waals surface area contributed by atoms with Gasteiger partial charge in [-0.25, -0.2) is 4.79 Å². The van der Waals surface area contributed by atoms with Crippen molar-refractivity contribution < 1.29 is 19.1 Å². The molecule has 1 N–H and O–H groups in total. The van der Waals surface area contributed by atoms with Crippen LogP contribution < -0.4 is 5.32 Å². The largest absolute Gasteiger partial charge is 0.463 e. The number of amides is 2. The number of carbonyl (C=O) groups excluding carboxylic acids is 3. The van der Waals surface area contributed by atoms with E-state index in [9.17, 15) is 14.4 Å². The number of ether oxygens (including phenoxy) is 1. The van der Waals surface area contributed by atoms with Crippen LogP contribution in [0.4, 0.5) is 0 Å². The Morgan fingerprint density at radius 3 is 2.22 bits per heavy atom. The van der Waals surface area contributed by atoms with Gasteiger partial charge in [-0.15, -0.1) is 0 Å². The quantitative estimate of drug-likeness (QED) is 0.412. The maximum absolute atomic E-state index is 13.0. The summed E-state index contributed by atoms with van der Waals surface area (Å²) in [6.07, 6.45) is 2.42. The third-order valence-corrected chi connectivity index (χ3v) is 6.07. The average Bonchev–Trinajstić information content (AvgIpc) is 2.75. The summed E-state index contributed by atoms with van der Waals surface area (Å²) in [5.41, 5.74) is 1.18. The van der Waals surface area contributed by atoms with Crippen LogP contribution in [-0.2, 0) is 24.5 Å². The molecule has 2 atom stereocenters. The molecule has 0 saturated heterocycles. The summed E-state index contributed by atoms with van der Waals surface area (Å²) < 4.78 is 5.04. The molecule has 0 bridgehead atoms. The Bertz CT molecular complexity index is 799. The standard InChI is InChI=1S/C26H40N2O4/c1-9-21(26(6,7)20-14-12-11-13-15-20)24(30)27-17-23(29)28(8)22(18(3)4)16-19(5)25(31)32-10-2/h11-16,18,21-22H,9-10,17H2,1-8H3,(H,27,30)/b19-16+/t21-,22-/m1/s1. The summed E-state index contributed by atoms with van der Waals surface area (Å²) in [5.74, 6) is -0.916. The third kappa shape index (κ3) is 7.21. The molecule has 6 heteroatoms. The van der Waals surface area contributed by atoms with Gasteiger partial charge in [-0.1, -0.05) is 71.0 Å². The molecule has 0 spiro atoms. The number of likely N-dealkylation sites (N-methyl/N-ethyl adjacent to an activating group) is 1. The molecular weight excluding hydrogens is 404 g/mol. The maximum Gasteiger partial charge on any atom is 0.333 e. The molecule has 0 aliphatic heterocycles. The summed E-state index contributed by atoms with van der Waals surface area (Å²) in [6, 6.07) is 9.67. The van der Waals surface area contributed by atoms with Gasteiger partial charge in [0.25, 0.3) is 0 Å². The van der Waals surface area contributed by atoms with Crippen LogP contribution in [0.25, 0.3) is 0 Å². The van der Waals surface area contributed by atoms with Crippen molar-refractivity contribution in [3.63, 3.8) is 0 Å². The van der Waals surface area contributed by atoms with Crippen LogP contribution in [0.5, 0.6) is 0 Å². The summed E-state index contributed by atoms with van der Waals surface area (Å²) >= 11 is 0. The Kier molecular flexibility index (Phi) is 10.6. The number of benzene rings is 1. The predicted octanol–water partition coefficient (Wildman–Crippen LogP) is 4.10. The normalized spacial score (nSPS) is 14.0. The van der Waals surface area contributed by atoms with Crippen molar-refractivity contribution in [3.05, 3.63) is 47.5 Å². The molecule has 0 aliphatic rings. The van der Waals surface area contributed by atoms with Gasteiger partial charge >= 0.3 is 5.97 Å². The van der Waals surface area contributed by atoms with E-state index in [0.29, 0.717) is 18.6 Å². The summed E-state index contributed by atoms with van der Waals surface area (Å²) in [5, 5.41) is 2.84. The molecule has 0 aliphatic carbocycles. The van der Waals surface area contributed by atoms with Crippen molar-refractivity contribution in [1.82, 2.24) is 10.2 Å². The van der Waals surface area contributed by atoms with Crippen LogP contribution >= 0.6 is 0 Å². The van der Waals surface area contributed by atoms with Crippen molar-refractivity contribution in [2.45, 2.75) is 66.3 Å². The Morgan fingerprint density at radius 2 is 1.72 bits per heavy atom. The van der Waals surface area contributed by atoms with Crippen LogP contribution in [-0.4, -0.2) is 48.9 Å². The molecular formula is C26H40N2O4. The van der Waals surface area contributed by atoms with E-state index in [1.807, 2.05) is 51.1 Å². The highest BCUT2D eigenvalue weighted by molar-refractivity contribution is 5.89. The molecule has 0 heterocycles. The maximum atomic E-state index is 13.0. The lowest BCUT2D eigenvalue weighted by Gasteiger charge is -2.34. The van der Waals surface area contributed by atoms with E-state index >= 15 is 0 Å². The van der Waals surface area contributed by atoms with Gasteiger partial charge in [0.05, 0.1) is 19.2 Å². The molecule has 0 fully saturated rings. The van der Waals surface area contributed by atoms with E-state index < -0.39 is 0 Å². The number of rotatable bonds is 11. The number of nitrogens with one attached hydrogen (secondary N) is 1. The van der Waals surface area contributed by atoms with Crippen LogP contribution in [0.3, 0.4) is 0 Å². The molecule has 0 radical (unpaired) electrons. The average molecular weight is 445 g/mol. The number of hydrogen-bond acceptors (Lipinski definition) is 4. The summed E-state index contributed by atoms with van der Waals surface area (Å²) in [6.45, 7) is 13.7. The first-order valence-corrected chi connectivity index (χ1v) is 11.4. The predicted molar refractivity (Wildman–Crippen MR) is 128 cm³/mol. The van der Waals surface area contributed by atoms with Gasteiger partial charge < -0.3 is 15.0 Å². The highest BCUT2D eigenvalue weighted by Gasteiger charge is 2.35. The molecule has 1 aromatic carbocycles. The highest BCUT2D eigenvalue weighted by Crippen LogP contribution is 2.33. The van der Waals surface area contributed by atoms with Gasteiger partial charge in [0.1, 0.15) is 0 Å². The monoisotopic (exact) mass is 444 g/mol. The molecule has 0 saturated carbocycles. The smallest absolute Gasteiger partial charge is 0.333 e. The van der Waals surface area contributed by atoms with E-state index in [1.165, 1.54) is 0 Å². The van der Waals surface area contributed by atoms with E-state index in [0.717, 1.165) is 5.56 Å². The third-order valence-electron chi connectivity index (χ3n) is 6.07. The van der Waals surface area contributed by atoms with Gasteiger partial charge in [-0.2, -0.15) is 0 Å². The second kappa shape index (κ2) is 12.4. The zero-order chi connectivity index (χ0) is 24.5. The lowest BCUT2D eigenvalue weighted by molar-refractivity contribution is -0.138. The van der Waals surface area contributed by atoms with Gasteiger partial charge in [0.2, 0.25) is 11.8 Å². The Balaban J connectivity index is 2.88. The molecule has 178 valence electrons. The van der Waals surface area contributed by atoms with Gasteiger partial charge in [-0.3, -0.25) is 9.59 Å². The summed E-state index contributed by atoms with van der Waals surface area (Å²) in [4.78, 5) is 39.4. The first kappa shape index (κ1) is 27.4. The first-order chi connectivity index (χ1) is 15.0. The fourth-order valence-corrected chi connectivity index (χ4v) is 3.99. The number of hydrogen-bond donors (Lipinski definition) is 1. The van der Waals surface area contributed by atoms with Crippen molar-refractivity contribution in [1.29, 1.82) is 0 Å². The van der Waals surface area contributed by atoms with Crippen molar-refractivity contribution in [2.24, 2.45) is 11.8 Å². The molecule has 1 aromatic rings. The zero-order valence-corrected chi connectivity index (χ0v) is 20.9. The molecule has 6 nitrogen and oxygen atoms in total. The van der Waals surface area contributed by atoms with Gasteiger partial charge in [0.15, 0.2) is 0 Å². The second-order valence-electron chi connectivity index (χ2n) is 9.08. The summed E-state index contributed by atoms with van der Waals surface area (Å²) in [7, 11) is 1.69. The molecule has 0 aromatic heterocycles. The van der Waals surface area contributed by atoms with Crippen LogP contribution in [0.2, 0.25) is 0 Å². The van der Waals surface area contributed by atoms with E-state index in [-0.39, 0.29) is 47.6 Å². The van der Waals surface area contributed by atoms with Crippen LogP contribution in [0.1, 0.15) is 60.5 Å². The second-order valence-corrected chi connectivity index (χ2v) is 9.08. The molecule has 32 heavy (non-hydrogen) atoms. The SMILES string of the molecule is CCOC(=O)/C(C)=C/[C@H](C(C)C)N(C)C(=O)CNC(=O)[C@@H](CC)C(C)(C)c1ccccc1. The minimum atomic E-state index is -0.388. The first-order valence-electron chi connectivity index (χ1n) is 11.4. The van der Waals surface area contributed by atoms with E-state index in [1.54, 1.807) is 31.9 Å². The minimum Gasteiger partial charge on any atom is -0.463 e. The van der Waals surface area contributed by atoms with Crippen molar-refractivity contribution >= 4 is 17.8 Å². The number of carbonyl (C=O) groups is 3. The Labute approximate surface area is 193 Å². The molecule has 1 rings (SSSR count). The van der Waals surface area contributed by atoms with Crippen molar-refractivity contribution in [2.75, 3.05) is 20.2 Å². The van der Waals surface area contributed by atoms with E-state index in [2.05, 4.69) is 19.2 Å². The van der Waals surface area contributed by atoms with Crippen LogP contribution in [0, 0.1) is 11.8 Å². The fraction of sp³-hybridized carbons (Fsp3) is 0.577. The lowest BCUT2D eigenvalue weighted by Crippen LogP contribution is -2.48. The highest BCUT2D eigenvalue weighted by atomic mass is 16.5. The topological polar surface area (TPSA) is 75.7 Å². The number of nitrogens with zero attached hydrogens (tertiary/aromatic N) is 1. The zero-order valence-electron chi connectivity index (χ0n) is 20.9. The molecule has 0 unspecified atom stereocenters. The lowest BCUT2D eigenvalue weighted by atomic mass is 9.71. The van der Waals surface area contributed by atoms with Crippen molar-refractivity contribution in [3.8, 4) is 0 Å². The number of esters is 1. The Hall–Kier alpha value is -2.63. The molecule has 2 amide bonds.